The lowest BCUT2D eigenvalue weighted by molar-refractivity contribution is -0.384. The minimum Gasteiger partial charge on any atom is -0.480 e. The minimum atomic E-state index is -0.970. The molecule has 0 saturated heterocycles. The van der Waals surface area contributed by atoms with Gasteiger partial charge in [-0.3, -0.25) is 10.1 Å². The number of aliphatic carboxylic acids is 1. The number of carbonyl (C=O) groups is 1. The number of rotatable bonds is 2. The molecule has 6 heteroatoms. The Morgan fingerprint density at radius 1 is 1.47 bits per heavy atom. The van der Waals surface area contributed by atoms with Crippen LogP contribution in [0.3, 0.4) is 0 Å². The van der Waals surface area contributed by atoms with Crippen LogP contribution in [0.25, 0.3) is 0 Å². The molecular weight excluding hydrogens is 248 g/mol. The van der Waals surface area contributed by atoms with Gasteiger partial charge in [0.15, 0.2) is 0 Å². The number of fused-ring (bicyclic) bond motifs is 3. The second-order valence-corrected chi connectivity index (χ2v) is 4.81. The summed E-state index contributed by atoms with van der Waals surface area (Å²) in [7, 11) is 0. The zero-order valence-corrected chi connectivity index (χ0v) is 9.95. The number of nitro benzene ring substituents is 1. The van der Waals surface area contributed by atoms with Gasteiger partial charge < -0.3 is 10.4 Å². The summed E-state index contributed by atoms with van der Waals surface area (Å²) in [5, 5.41) is 23.2. The number of hydrogen-bond donors (Lipinski definition) is 2. The van der Waals surface area contributed by atoms with Crippen molar-refractivity contribution in [3.63, 3.8) is 0 Å². The van der Waals surface area contributed by atoms with Gasteiger partial charge in [0.25, 0.3) is 5.69 Å². The van der Waals surface area contributed by atoms with Crippen molar-refractivity contribution < 1.29 is 14.8 Å². The van der Waals surface area contributed by atoms with Crippen LogP contribution in [0.2, 0.25) is 0 Å². The van der Waals surface area contributed by atoms with Crippen molar-refractivity contribution in [1.82, 2.24) is 0 Å². The van der Waals surface area contributed by atoms with Gasteiger partial charge in [-0.1, -0.05) is 24.3 Å². The zero-order chi connectivity index (χ0) is 13.6. The molecule has 0 fully saturated rings. The highest BCUT2D eigenvalue weighted by Crippen LogP contribution is 2.47. The first-order chi connectivity index (χ1) is 9.09. The van der Waals surface area contributed by atoms with Gasteiger partial charge >= 0.3 is 5.97 Å². The summed E-state index contributed by atoms with van der Waals surface area (Å²) in [4.78, 5) is 21.9. The van der Waals surface area contributed by atoms with E-state index in [1.54, 1.807) is 6.07 Å². The lowest BCUT2D eigenvalue weighted by Crippen LogP contribution is -2.42. The van der Waals surface area contributed by atoms with Crippen LogP contribution < -0.4 is 5.32 Å². The quantitative estimate of drug-likeness (QED) is 0.482. The highest BCUT2D eigenvalue weighted by Gasteiger charge is 2.42. The monoisotopic (exact) mass is 260 g/mol. The maximum absolute atomic E-state index is 11.3. The Bertz CT molecular complexity index is 596. The maximum Gasteiger partial charge on any atom is 0.326 e. The van der Waals surface area contributed by atoms with Gasteiger partial charge in [0, 0.05) is 17.9 Å². The minimum absolute atomic E-state index is 0.0581. The molecule has 0 amide bonds. The molecule has 1 aliphatic carbocycles. The molecular formula is C13H12N2O4. The predicted octanol–water partition coefficient (Wildman–Crippen LogP) is 2.13. The number of nitro groups is 1. The Kier molecular flexibility index (Phi) is 2.51. The van der Waals surface area contributed by atoms with Crippen LogP contribution in [0.1, 0.15) is 17.9 Å². The molecule has 1 heterocycles. The molecule has 0 spiro atoms. The summed E-state index contributed by atoms with van der Waals surface area (Å²) < 4.78 is 0. The fourth-order valence-corrected chi connectivity index (χ4v) is 3.00. The van der Waals surface area contributed by atoms with E-state index in [0.717, 1.165) is 5.56 Å². The molecule has 3 rings (SSSR count). The number of carboxylic acid groups (broad SMARTS) is 1. The average Bonchev–Trinajstić information content (AvgIpc) is 2.85. The van der Waals surface area contributed by atoms with E-state index in [1.807, 2.05) is 18.2 Å². The summed E-state index contributed by atoms with van der Waals surface area (Å²) in [6, 6.07) is 4.07. The fourth-order valence-electron chi connectivity index (χ4n) is 3.00. The highest BCUT2D eigenvalue weighted by atomic mass is 16.6. The van der Waals surface area contributed by atoms with Crippen molar-refractivity contribution >= 4 is 17.3 Å². The molecule has 0 saturated carbocycles. The van der Waals surface area contributed by atoms with Gasteiger partial charge in [-0.05, 0) is 12.0 Å². The standard InChI is InChI=1S/C13H12N2O4/c16-13(17)12-9-4-1-3-7(9)8-5-2-6-10(15(18)19)11(8)14-12/h1-3,5-7,9,12,14H,4H2,(H,16,17). The van der Waals surface area contributed by atoms with Crippen LogP contribution >= 0.6 is 0 Å². The largest absolute Gasteiger partial charge is 0.480 e. The van der Waals surface area contributed by atoms with E-state index in [4.69, 9.17) is 0 Å². The third-order valence-corrected chi connectivity index (χ3v) is 3.84. The molecule has 0 radical (unpaired) electrons. The Hall–Kier alpha value is -2.37. The highest BCUT2D eigenvalue weighted by molar-refractivity contribution is 5.83. The number of nitrogens with one attached hydrogen (secondary N) is 1. The second kappa shape index (κ2) is 4.08. The SMILES string of the molecule is O=C(O)C1Nc2c(cccc2[N+](=O)[O-])C2C=CCC12. The fraction of sp³-hybridized carbons (Fsp3) is 0.308. The van der Waals surface area contributed by atoms with Gasteiger partial charge in [0.1, 0.15) is 11.7 Å². The van der Waals surface area contributed by atoms with Crippen LogP contribution in [0.15, 0.2) is 30.4 Å². The van der Waals surface area contributed by atoms with Crippen molar-refractivity contribution in [2.75, 3.05) is 5.32 Å². The average molecular weight is 260 g/mol. The molecule has 1 aromatic rings. The number of hydrogen-bond acceptors (Lipinski definition) is 4. The Morgan fingerprint density at radius 3 is 2.95 bits per heavy atom. The van der Waals surface area contributed by atoms with Crippen LogP contribution in [0.4, 0.5) is 11.4 Å². The first kappa shape index (κ1) is 11.7. The molecule has 2 aliphatic rings. The normalized spacial score (nSPS) is 27.3. The van der Waals surface area contributed by atoms with E-state index >= 15 is 0 Å². The summed E-state index contributed by atoms with van der Waals surface area (Å²) in [6.07, 6.45) is 4.57. The molecule has 0 aromatic heterocycles. The number of carboxylic acids is 1. The molecule has 1 aliphatic heterocycles. The Balaban J connectivity index is 2.15. The van der Waals surface area contributed by atoms with Crippen molar-refractivity contribution in [1.29, 1.82) is 0 Å². The number of allylic oxidation sites excluding steroid dienone is 2. The topological polar surface area (TPSA) is 92.5 Å². The van der Waals surface area contributed by atoms with Gasteiger partial charge in [-0.25, -0.2) is 4.79 Å². The zero-order valence-electron chi connectivity index (χ0n) is 9.95. The van der Waals surface area contributed by atoms with Gasteiger partial charge in [0.2, 0.25) is 0 Å². The first-order valence-electron chi connectivity index (χ1n) is 6.03. The molecule has 6 nitrogen and oxygen atoms in total. The molecule has 2 N–H and O–H groups in total. The van der Waals surface area contributed by atoms with Gasteiger partial charge in [0.05, 0.1) is 4.92 Å². The molecule has 3 unspecified atom stereocenters. The van der Waals surface area contributed by atoms with Crippen molar-refractivity contribution in [3.05, 3.63) is 46.0 Å². The van der Waals surface area contributed by atoms with Gasteiger partial charge in [-0.15, -0.1) is 0 Å². The van der Waals surface area contributed by atoms with E-state index in [9.17, 15) is 20.0 Å². The van der Waals surface area contributed by atoms with E-state index < -0.39 is 16.9 Å². The number of nitrogens with zero attached hydrogens (tertiary/aromatic N) is 1. The summed E-state index contributed by atoms with van der Waals surface area (Å²) in [5.41, 5.74) is 1.08. The molecule has 0 bridgehead atoms. The van der Waals surface area contributed by atoms with Crippen LogP contribution in [0, 0.1) is 16.0 Å². The molecule has 3 atom stereocenters. The van der Waals surface area contributed by atoms with Crippen LogP contribution in [-0.4, -0.2) is 22.0 Å². The van der Waals surface area contributed by atoms with Crippen molar-refractivity contribution in [3.8, 4) is 0 Å². The second-order valence-electron chi connectivity index (χ2n) is 4.81. The van der Waals surface area contributed by atoms with E-state index in [1.165, 1.54) is 6.07 Å². The maximum atomic E-state index is 11.3. The smallest absolute Gasteiger partial charge is 0.326 e. The summed E-state index contributed by atoms with van der Waals surface area (Å²) >= 11 is 0. The summed E-state index contributed by atoms with van der Waals surface area (Å²) in [5.74, 6) is -1.10. The predicted molar refractivity (Wildman–Crippen MR) is 68.1 cm³/mol. The summed E-state index contributed by atoms with van der Waals surface area (Å²) in [6.45, 7) is 0. The molecule has 1 aromatic carbocycles. The van der Waals surface area contributed by atoms with E-state index in [-0.39, 0.29) is 17.5 Å². The molecule has 98 valence electrons. The van der Waals surface area contributed by atoms with Gasteiger partial charge in [-0.2, -0.15) is 0 Å². The number of benzene rings is 1. The lowest BCUT2D eigenvalue weighted by Gasteiger charge is -2.34. The number of anilines is 1. The van der Waals surface area contributed by atoms with E-state index in [0.29, 0.717) is 12.1 Å². The third kappa shape index (κ3) is 1.68. The molecule has 19 heavy (non-hydrogen) atoms. The van der Waals surface area contributed by atoms with Crippen LogP contribution in [-0.2, 0) is 4.79 Å². The van der Waals surface area contributed by atoms with Crippen molar-refractivity contribution in [2.24, 2.45) is 5.92 Å². The lowest BCUT2D eigenvalue weighted by atomic mass is 9.79. The third-order valence-electron chi connectivity index (χ3n) is 3.84. The van der Waals surface area contributed by atoms with E-state index in [2.05, 4.69) is 5.32 Å². The number of para-hydroxylation sites is 1. The van der Waals surface area contributed by atoms with Crippen LogP contribution in [0.5, 0.6) is 0 Å². The Morgan fingerprint density at radius 2 is 2.26 bits per heavy atom. The Labute approximate surface area is 108 Å². The van der Waals surface area contributed by atoms with Crippen molar-refractivity contribution in [2.45, 2.75) is 18.4 Å². The first-order valence-corrected chi connectivity index (χ1v) is 6.03.